The van der Waals surface area contributed by atoms with Gasteiger partial charge < -0.3 is 10.6 Å². The average molecular weight is 324 g/mol. The summed E-state index contributed by atoms with van der Waals surface area (Å²) < 4.78 is 0. The fourth-order valence-electron chi connectivity index (χ4n) is 3.23. The van der Waals surface area contributed by atoms with Crippen LogP contribution in [0.1, 0.15) is 38.5 Å². The maximum absolute atomic E-state index is 12.4. The standard InChI is InChI=1S/C20H24N2O2/c23-19(15-9-3-1-4-10-15)21-17-13-7-8-14-18(17)22-20(24)16-11-5-2-6-12-16/h1-3,5,7-8,13-16H,4,6,9-12H2,(H,21,23)(H,22,24). The van der Waals surface area contributed by atoms with E-state index in [4.69, 9.17) is 0 Å². The second-order valence-electron chi connectivity index (χ2n) is 6.49. The molecule has 0 bridgehead atoms. The first kappa shape index (κ1) is 16.5. The Morgan fingerprint density at radius 1 is 0.750 bits per heavy atom. The van der Waals surface area contributed by atoms with Crippen molar-refractivity contribution in [2.45, 2.75) is 38.5 Å². The van der Waals surface area contributed by atoms with Crippen LogP contribution < -0.4 is 10.6 Å². The highest BCUT2D eigenvalue weighted by Gasteiger charge is 2.22. The van der Waals surface area contributed by atoms with Gasteiger partial charge in [0.2, 0.25) is 11.8 Å². The summed E-state index contributed by atoms with van der Waals surface area (Å²) in [6.07, 6.45) is 13.6. The fraction of sp³-hybridized carbons (Fsp3) is 0.400. The fourth-order valence-corrected chi connectivity index (χ4v) is 3.23. The van der Waals surface area contributed by atoms with Crippen LogP contribution >= 0.6 is 0 Å². The van der Waals surface area contributed by atoms with Gasteiger partial charge in [-0.25, -0.2) is 0 Å². The minimum atomic E-state index is 0.0160. The molecule has 0 fully saturated rings. The van der Waals surface area contributed by atoms with Crippen molar-refractivity contribution in [1.82, 2.24) is 0 Å². The third kappa shape index (κ3) is 4.13. The van der Waals surface area contributed by atoms with E-state index in [0.29, 0.717) is 11.4 Å². The molecule has 2 N–H and O–H groups in total. The lowest BCUT2D eigenvalue weighted by Gasteiger charge is -2.21. The lowest BCUT2D eigenvalue weighted by Crippen LogP contribution is -2.26. The van der Waals surface area contributed by atoms with E-state index in [2.05, 4.69) is 34.9 Å². The number of nitrogens with one attached hydrogen (secondary N) is 2. The maximum atomic E-state index is 12.4. The summed E-state index contributed by atoms with van der Waals surface area (Å²) >= 11 is 0. The molecule has 4 heteroatoms. The predicted molar refractivity (Wildman–Crippen MR) is 96.7 cm³/mol. The van der Waals surface area contributed by atoms with E-state index < -0.39 is 0 Å². The number of para-hydroxylation sites is 2. The third-order valence-electron chi connectivity index (χ3n) is 4.72. The van der Waals surface area contributed by atoms with Crippen LogP contribution in [0.2, 0.25) is 0 Å². The molecular weight excluding hydrogens is 300 g/mol. The molecule has 2 atom stereocenters. The smallest absolute Gasteiger partial charge is 0.227 e. The molecule has 2 aliphatic rings. The average Bonchev–Trinajstić information content (AvgIpc) is 2.64. The van der Waals surface area contributed by atoms with Gasteiger partial charge in [-0.1, -0.05) is 36.4 Å². The van der Waals surface area contributed by atoms with Crippen LogP contribution in [0.4, 0.5) is 11.4 Å². The highest BCUT2D eigenvalue weighted by molar-refractivity contribution is 6.01. The Kier molecular flexibility index (Phi) is 5.47. The number of allylic oxidation sites excluding steroid dienone is 4. The van der Waals surface area contributed by atoms with E-state index in [1.165, 1.54) is 0 Å². The molecule has 3 rings (SSSR count). The summed E-state index contributed by atoms with van der Waals surface area (Å²) in [5.41, 5.74) is 1.36. The Morgan fingerprint density at radius 3 is 1.58 bits per heavy atom. The molecule has 0 spiro atoms. The van der Waals surface area contributed by atoms with Gasteiger partial charge in [-0.2, -0.15) is 0 Å². The summed E-state index contributed by atoms with van der Waals surface area (Å²) in [6, 6.07) is 7.42. The number of benzene rings is 1. The van der Waals surface area contributed by atoms with Crippen molar-refractivity contribution in [3.63, 3.8) is 0 Å². The Labute approximate surface area is 143 Å². The molecule has 0 saturated heterocycles. The van der Waals surface area contributed by atoms with Crippen molar-refractivity contribution >= 4 is 23.2 Å². The lowest BCUT2D eigenvalue weighted by atomic mass is 9.93. The van der Waals surface area contributed by atoms with Crippen LogP contribution in [-0.2, 0) is 9.59 Å². The monoisotopic (exact) mass is 324 g/mol. The zero-order chi connectivity index (χ0) is 16.8. The number of carbonyl (C=O) groups excluding carboxylic acids is 2. The molecule has 2 unspecified atom stereocenters. The second kappa shape index (κ2) is 7.95. The van der Waals surface area contributed by atoms with Crippen molar-refractivity contribution in [3.8, 4) is 0 Å². The molecule has 0 aliphatic heterocycles. The molecule has 2 aliphatic carbocycles. The molecule has 0 aromatic heterocycles. The maximum Gasteiger partial charge on any atom is 0.227 e. The van der Waals surface area contributed by atoms with Crippen molar-refractivity contribution < 1.29 is 9.59 Å². The van der Waals surface area contributed by atoms with Crippen LogP contribution in [0.5, 0.6) is 0 Å². The van der Waals surface area contributed by atoms with E-state index >= 15 is 0 Å². The first-order valence-electron chi connectivity index (χ1n) is 8.75. The van der Waals surface area contributed by atoms with Gasteiger partial charge in [0.1, 0.15) is 0 Å². The lowest BCUT2D eigenvalue weighted by molar-refractivity contribution is -0.121. The molecule has 24 heavy (non-hydrogen) atoms. The van der Waals surface area contributed by atoms with Crippen LogP contribution in [0.3, 0.4) is 0 Å². The summed E-state index contributed by atoms with van der Waals surface area (Å²) in [5, 5.41) is 5.97. The van der Waals surface area contributed by atoms with Crippen molar-refractivity contribution in [1.29, 1.82) is 0 Å². The predicted octanol–water partition coefficient (Wildman–Crippen LogP) is 4.28. The van der Waals surface area contributed by atoms with E-state index in [1.54, 1.807) is 0 Å². The minimum Gasteiger partial charge on any atom is -0.324 e. The third-order valence-corrected chi connectivity index (χ3v) is 4.72. The van der Waals surface area contributed by atoms with E-state index in [1.807, 2.05) is 24.3 Å². The largest absolute Gasteiger partial charge is 0.324 e. The molecule has 1 aromatic carbocycles. The van der Waals surface area contributed by atoms with E-state index in [9.17, 15) is 9.59 Å². The Balaban J connectivity index is 1.66. The zero-order valence-electron chi connectivity index (χ0n) is 13.8. The molecular formula is C20H24N2O2. The van der Waals surface area contributed by atoms with Gasteiger partial charge in [-0.15, -0.1) is 0 Å². The first-order valence-corrected chi connectivity index (χ1v) is 8.75. The molecule has 0 heterocycles. The SMILES string of the molecule is O=C(Nc1ccccc1NC(=O)C1CC=CCC1)C1CC=CCC1. The van der Waals surface area contributed by atoms with Gasteiger partial charge in [0.05, 0.1) is 11.4 Å². The Bertz CT molecular complexity index is 606. The number of rotatable bonds is 4. The Hall–Kier alpha value is -2.36. The molecule has 4 nitrogen and oxygen atoms in total. The molecule has 2 amide bonds. The van der Waals surface area contributed by atoms with E-state index in [-0.39, 0.29) is 23.7 Å². The van der Waals surface area contributed by atoms with Crippen LogP contribution in [0, 0.1) is 11.8 Å². The summed E-state index contributed by atoms with van der Waals surface area (Å²) in [6.45, 7) is 0. The second-order valence-corrected chi connectivity index (χ2v) is 6.49. The van der Waals surface area contributed by atoms with Gasteiger partial charge in [0.15, 0.2) is 0 Å². The van der Waals surface area contributed by atoms with Crippen LogP contribution in [0.15, 0.2) is 48.6 Å². The van der Waals surface area contributed by atoms with Crippen molar-refractivity contribution in [2.75, 3.05) is 10.6 Å². The highest BCUT2D eigenvalue weighted by atomic mass is 16.2. The summed E-state index contributed by atoms with van der Waals surface area (Å²) in [4.78, 5) is 24.9. The number of hydrogen-bond acceptors (Lipinski definition) is 2. The summed E-state index contributed by atoms with van der Waals surface area (Å²) in [7, 11) is 0. The number of hydrogen-bond donors (Lipinski definition) is 2. The molecule has 126 valence electrons. The molecule has 1 aromatic rings. The van der Waals surface area contributed by atoms with E-state index in [0.717, 1.165) is 38.5 Å². The van der Waals surface area contributed by atoms with Gasteiger partial charge in [0, 0.05) is 11.8 Å². The van der Waals surface area contributed by atoms with Gasteiger partial charge in [-0.05, 0) is 50.7 Å². The molecule has 0 radical (unpaired) electrons. The Morgan fingerprint density at radius 2 is 1.21 bits per heavy atom. The van der Waals surface area contributed by atoms with Crippen molar-refractivity contribution in [3.05, 3.63) is 48.6 Å². The zero-order valence-corrected chi connectivity index (χ0v) is 13.8. The first-order chi connectivity index (χ1) is 11.7. The number of carbonyl (C=O) groups is 2. The van der Waals surface area contributed by atoms with Crippen LogP contribution in [-0.4, -0.2) is 11.8 Å². The number of amides is 2. The topological polar surface area (TPSA) is 58.2 Å². The van der Waals surface area contributed by atoms with Crippen LogP contribution in [0.25, 0.3) is 0 Å². The normalized spacial score (nSPS) is 22.8. The minimum absolute atomic E-state index is 0.0160. The molecule has 0 saturated carbocycles. The quantitative estimate of drug-likeness (QED) is 0.812. The number of anilines is 2. The van der Waals surface area contributed by atoms with Gasteiger partial charge in [-0.3, -0.25) is 9.59 Å². The van der Waals surface area contributed by atoms with Gasteiger partial charge >= 0.3 is 0 Å². The highest BCUT2D eigenvalue weighted by Crippen LogP contribution is 2.26. The van der Waals surface area contributed by atoms with Gasteiger partial charge in [0.25, 0.3) is 0 Å². The summed E-state index contributed by atoms with van der Waals surface area (Å²) in [5.74, 6) is 0.0905. The van der Waals surface area contributed by atoms with Crippen molar-refractivity contribution in [2.24, 2.45) is 11.8 Å².